The number of nitrogens with zero attached hydrogens (tertiary/aromatic N) is 1. The van der Waals surface area contributed by atoms with Crippen LogP contribution in [0, 0.1) is 5.92 Å². The Kier molecular flexibility index (Phi) is 5.30. The van der Waals surface area contributed by atoms with Gasteiger partial charge in [-0.05, 0) is 45.1 Å². The summed E-state index contributed by atoms with van der Waals surface area (Å²) in [5, 5.41) is 3.76. The number of likely N-dealkylation sites (tertiary alicyclic amines) is 1. The van der Waals surface area contributed by atoms with Crippen LogP contribution in [0.1, 0.15) is 58.8 Å². The third-order valence-corrected chi connectivity index (χ3v) is 4.61. The maximum absolute atomic E-state index is 3.76. The van der Waals surface area contributed by atoms with Crippen LogP contribution in [0.4, 0.5) is 0 Å². The molecule has 2 aliphatic rings. The normalized spacial score (nSPS) is 37.4. The van der Waals surface area contributed by atoms with Crippen LogP contribution >= 0.6 is 0 Å². The van der Waals surface area contributed by atoms with Crippen molar-refractivity contribution in [3.05, 3.63) is 0 Å². The Balaban J connectivity index is 1.80. The molecule has 100 valence electrons. The maximum atomic E-state index is 3.76. The molecule has 3 atom stereocenters. The van der Waals surface area contributed by atoms with Gasteiger partial charge in [-0.3, -0.25) is 4.90 Å². The average molecular weight is 238 g/mol. The highest BCUT2D eigenvalue weighted by atomic mass is 15.2. The standard InChI is InChI=1S/C15H30N2/c1-13-8-9-14(2)17(11-13)12-15-7-5-3-4-6-10-16-15/h13-16H,3-12H2,1-2H3. The number of piperidine rings is 1. The molecule has 2 heteroatoms. The zero-order valence-corrected chi connectivity index (χ0v) is 11.8. The largest absolute Gasteiger partial charge is 0.313 e. The summed E-state index contributed by atoms with van der Waals surface area (Å²) in [6.45, 7) is 8.66. The molecule has 0 aromatic heterocycles. The molecule has 0 saturated carbocycles. The topological polar surface area (TPSA) is 15.3 Å². The summed E-state index contributed by atoms with van der Waals surface area (Å²) in [6.07, 6.45) is 9.89. The third-order valence-electron chi connectivity index (χ3n) is 4.61. The first-order valence-corrected chi connectivity index (χ1v) is 7.73. The quantitative estimate of drug-likeness (QED) is 0.795. The summed E-state index contributed by atoms with van der Waals surface area (Å²) < 4.78 is 0. The maximum Gasteiger partial charge on any atom is 0.0195 e. The van der Waals surface area contributed by atoms with Gasteiger partial charge in [0.05, 0.1) is 0 Å². The Morgan fingerprint density at radius 1 is 1.00 bits per heavy atom. The highest BCUT2D eigenvalue weighted by molar-refractivity contribution is 4.81. The smallest absolute Gasteiger partial charge is 0.0195 e. The van der Waals surface area contributed by atoms with E-state index in [4.69, 9.17) is 0 Å². The lowest BCUT2D eigenvalue weighted by molar-refractivity contribution is 0.109. The van der Waals surface area contributed by atoms with E-state index in [1.54, 1.807) is 0 Å². The van der Waals surface area contributed by atoms with E-state index in [0.29, 0.717) is 0 Å². The fourth-order valence-corrected chi connectivity index (χ4v) is 3.35. The molecular weight excluding hydrogens is 208 g/mol. The van der Waals surface area contributed by atoms with Crippen molar-refractivity contribution in [2.24, 2.45) is 5.92 Å². The molecule has 0 bridgehead atoms. The summed E-state index contributed by atoms with van der Waals surface area (Å²) in [6, 6.07) is 1.56. The van der Waals surface area contributed by atoms with Crippen LogP contribution < -0.4 is 5.32 Å². The zero-order chi connectivity index (χ0) is 12.1. The zero-order valence-electron chi connectivity index (χ0n) is 11.8. The van der Waals surface area contributed by atoms with Gasteiger partial charge in [0.1, 0.15) is 0 Å². The Morgan fingerprint density at radius 2 is 1.82 bits per heavy atom. The number of hydrogen-bond acceptors (Lipinski definition) is 2. The van der Waals surface area contributed by atoms with Gasteiger partial charge in [-0.1, -0.05) is 26.2 Å². The first-order chi connectivity index (χ1) is 8.25. The summed E-state index contributed by atoms with van der Waals surface area (Å²) in [5.74, 6) is 0.903. The highest BCUT2D eigenvalue weighted by Crippen LogP contribution is 2.22. The molecule has 0 spiro atoms. The minimum absolute atomic E-state index is 0.753. The van der Waals surface area contributed by atoms with E-state index < -0.39 is 0 Å². The van der Waals surface area contributed by atoms with Gasteiger partial charge in [-0.2, -0.15) is 0 Å². The van der Waals surface area contributed by atoms with Gasteiger partial charge >= 0.3 is 0 Å². The highest BCUT2D eigenvalue weighted by Gasteiger charge is 2.25. The Bertz CT molecular complexity index is 209. The van der Waals surface area contributed by atoms with Crippen molar-refractivity contribution < 1.29 is 0 Å². The van der Waals surface area contributed by atoms with Crippen molar-refractivity contribution in [1.82, 2.24) is 10.2 Å². The Hall–Kier alpha value is -0.0800. The lowest BCUT2D eigenvalue weighted by atomic mass is 9.94. The fourth-order valence-electron chi connectivity index (χ4n) is 3.35. The first-order valence-electron chi connectivity index (χ1n) is 7.73. The number of hydrogen-bond donors (Lipinski definition) is 1. The first kappa shape index (κ1) is 13.4. The predicted octanol–water partition coefficient (Wildman–Crippen LogP) is 3.03. The van der Waals surface area contributed by atoms with Gasteiger partial charge in [0, 0.05) is 25.2 Å². The van der Waals surface area contributed by atoms with Crippen LogP contribution in [0.25, 0.3) is 0 Å². The van der Waals surface area contributed by atoms with Gasteiger partial charge in [-0.25, -0.2) is 0 Å². The van der Waals surface area contributed by atoms with E-state index in [1.807, 2.05) is 0 Å². The second kappa shape index (κ2) is 6.75. The van der Waals surface area contributed by atoms with Crippen LogP contribution in [0.15, 0.2) is 0 Å². The van der Waals surface area contributed by atoms with Crippen molar-refractivity contribution >= 4 is 0 Å². The molecule has 2 aliphatic heterocycles. The van der Waals surface area contributed by atoms with Crippen LogP contribution in [0.3, 0.4) is 0 Å². The summed E-state index contributed by atoms with van der Waals surface area (Å²) in [7, 11) is 0. The molecule has 2 heterocycles. The van der Waals surface area contributed by atoms with E-state index >= 15 is 0 Å². The number of rotatable bonds is 2. The van der Waals surface area contributed by atoms with Gasteiger partial charge in [0.2, 0.25) is 0 Å². The molecule has 2 saturated heterocycles. The summed E-state index contributed by atoms with van der Waals surface area (Å²) >= 11 is 0. The van der Waals surface area contributed by atoms with Gasteiger partial charge in [-0.15, -0.1) is 0 Å². The van der Waals surface area contributed by atoms with Crippen molar-refractivity contribution in [3.63, 3.8) is 0 Å². The number of nitrogens with one attached hydrogen (secondary N) is 1. The van der Waals surface area contributed by atoms with Crippen molar-refractivity contribution in [1.29, 1.82) is 0 Å². The molecule has 2 rings (SSSR count). The lowest BCUT2D eigenvalue weighted by Crippen LogP contribution is -2.48. The van der Waals surface area contributed by atoms with Gasteiger partial charge in [0.15, 0.2) is 0 Å². The molecule has 2 nitrogen and oxygen atoms in total. The summed E-state index contributed by atoms with van der Waals surface area (Å²) in [5.41, 5.74) is 0. The van der Waals surface area contributed by atoms with E-state index in [9.17, 15) is 0 Å². The van der Waals surface area contributed by atoms with E-state index in [2.05, 4.69) is 24.1 Å². The van der Waals surface area contributed by atoms with E-state index in [1.165, 1.54) is 64.6 Å². The van der Waals surface area contributed by atoms with E-state index in [0.717, 1.165) is 18.0 Å². The molecule has 17 heavy (non-hydrogen) atoms. The Labute approximate surface area is 107 Å². The molecule has 0 radical (unpaired) electrons. The van der Waals surface area contributed by atoms with Gasteiger partial charge < -0.3 is 5.32 Å². The van der Waals surface area contributed by atoms with Crippen LogP contribution in [0.2, 0.25) is 0 Å². The molecule has 0 aromatic carbocycles. The predicted molar refractivity (Wildman–Crippen MR) is 74.3 cm³/mol. The van der Waals surface area contributed by atoms with Crippen LogP contribution in [-0.2, 0) is 0 Å². The van der Waals surface area contributed by atoms with Gasteiger partial charge in [0.25, 0.3) is 0 Å². The third kappa shape index (κ3) is 4.26. The van der Waals surface area contributed by atoms with Crippen molar-refractivity contribution in [2.75, 3.05) is 19.6 Å². The second-order valence-corrected chi connectivity index (χ2v) is 6.34. The molecular formula is C15H30N2. The Morgan fingerprint density at radius 3 is 2.71 bits per heavy atom. The van der Waals surface area contributed by atoms with E-state index in [-0.39, 0.29) is 0 Å². The SMILES string of the molecule is CC1CCC(C)N(CC2CCCCCCN2)C1. The minimum atomic E-state index is 0.753. The molecule has 0 aliphatic carbocycles. The molecule has 0 aromatic rings. The molecule has 3 unspecified atom stereocenters. The van der Waals surface area contributed by atoms with Crippen LogP contribution in [-0.4, -0.2) is 36.6 Å². The molecule has 1 N–H and O–H groups in total. The van der Waals surface area contributed by atoms with Crippen molar-refractivity contribution in [3.8, 4) is 0 Å². The minimum Gasteiger partial charge on any atom is -0.313 e. The average Bonchev–Trinajstić information content (AvgIpc) is 2.27. The second-order valence-electron chi connectivity index (χ2n) is 6.34. The molecule has 0 amide bonds. The van der Waals surface area contributed by atoms with Crippen LogP contribution in [0.5, 0.6) is 0 Å². The fraction of sp³-hybridized carbons (Fsp3) is 1.00. The molecule has 2 fully saturated rings. The monoisotopic (exact) mass is 238 g/mol. The summed E-state index contributed by atoms with van der Waals surface area (Å²) in [4.78, 5) is 2.73. The lowest BCUT2D eigenvalue weighted by Gasteiger charge is -2.39. The van der Waals surface area contributed by atoms with Crippen molar-refractivity contribution in [2.45, 2.75) is 70.9 Å².